The van der Waals surface area contributed by atoms with Crippen LogP contribution >= 0.6 is 0 Å². The lowest BCUT2D eigenvalue weighted by Crippen LogP contribution is -2.38. The summed E-state index contributed by atoms with van der Waals surface area (Å²) in [6, 6.07) is 28.4. The number of carbonyl (C=O) groups excluding carboxylic acids is 2. The predicted molar refractivity (Wildman–Crippen MR) is 267 cm³/mol. The molecule has 0 spiro atoms. The Hall–Kier alpha value is -6.46. The summed E-state index contributed by atoms with van der Waals surface area (Å²) in [6.07, 6.45) is 4.59. The van der Waals surface area contributed by atoms with E-state index in [2.05, 4.69) is 67.7 Å². The van der Waals surface area contributed by atoms with Crippen LogP contribution in [0.3, 0.4) is 0 Å². The van der Waals surface area contributed by atoms with Gasteiger partial charge in [-0.15, -0.1) is 0 Å². The average molecular weight is 961 g/mol. The summed E-state index contributed by atoms with van der Waals surface area (Å²) in [5.41, 5.74) is 8.56. The third-order valence-electron chi connectivity index (χ3n) is 12.2. The van der Waals surface area contributed by atoms with E-state index in [1.165, 1.54) is 11.1 Å². The lowest BCUT2D eigenvalue weighted by Gasteiger charge is -2.27. The second kappa shape index (κ2) is 27.1. The molecule has 0 atom stereocenters. The van der Waals surface area contributed by atoms with Gasteiger partial charge in [-0.3, -0.25) is 14.5 Å². The van der Waals surface area contributed by atoms with E-state index in [-0.39, 0.29) is 31.4 Å². The number of hydrogen-bond acceptors (Lipinski definition) is 13. The largest absolute Gasteiger partial charge is 0.493 e. The number of aromatic nitrogens is 3. The van der Waals surface area contributed by atoms with E-state index >= 15 is 0 Å². The molecular weight excluding hydrogens is 893 g/mol. The van der Waals surface area contributed by atoms with E-state index < -0.39 is 0 Å². The first-order valence-electron chi connectivity index (χ1n) is 24.3. The first-order valence-corrected chi connectivity index (χ1v) is 24.3. The van der Waals surface area contributed by atoms with Crippen molar-refractivity contribution >= 4 is 22.8 Å². The lowest BCUT2D eigenvalue weighted by atomic mass is 10.0. The van der Waals surface area contributed by atoms with E-state index in [4.69, 9.17) is 42.7 Å². The standard InChI is InChI=1S/C54H68N6O10/c1-39-54(40(2)70-58-39)44-15-18-48-47(37-44)57-51(60(48)25-24-59-26-31-67-32-27-59)20-14-41-11-16-45(17-12-41)68-30-23-55-52(61)21-28-65-33-34-66-29-22-56-53(62)38-69-46-10-6-9-42(35-46)7-5-8-43-13-19-49(63-3)50(36-43)64-4/h6,9-13,15-19,35-37H,5,7-8,14,20-34,38H2,1-4H3,(H,55,61)(H,56,62). The molecule has 374 valence electrons. The summed E-state index contributed by atoms with van der Waals surface area (Å²) in [6.45, 7) is 11.4. The third kappa shape index (κ3) is 15.5. The highest BCUT2D eigenvalue weighted by Gasteiger charge is 2.18. The fourth-order valence-electron chi connectivity index (χ4n) is 8.47. The zero-order valence-corrected chi connectivity index (χ0v) is 41.1. The SMILES string of the molecule is COc1ccc(CCCc2cccc(OCC(=O)NCCOCCOCCC(=O)NCCOc3ccc(CCc4nc5cc(-c6c(C)noc6C)ccc5n4CCN4CCOCC4)cc3)c2)cc1OC. The molecule has 0 aliphatic carbocycles. The van der Waals surface area contributed by atoms with Crippen LogP contribution in [-0.2, 0) is 56.0 Å². The van der Waals surface area contributed by atoms with Crippen molar-refractivity contribution in [2.24, 2.45) is 0 Å². The molecule has 2 amide bonds. The molecule has 0 bridgehead atoms. The van der Waals surface area contributed by atoms with Crippen molar-refractivity contribution in [1.29, 1.82) is 0 Å². The summed E-state index contributed by atoms with van der Waals surface area (Å²) in [7, 11) is 3.27. The fourth-order valence-corrected chi connectivity index (χ4v) is 8.47. The third-order valence-corrected chi connectivity index (χ3v) is 12.2. The number of ether oxygens (including phenoxy) is 7. The Balaban J connectivity index is 0.715. The van der Waals surface area contributed by atoms with Crippen LogP contribution < -0.4 is 29.6 Å². The van der Waals surface area contributed by atoms with Crippen molar-refractivity contribution in [3.05, 3.63) is 119 Å². The molecule has 16 heteroatoms. The van der Waals surface area contributed by atoms with Gasteiger partial charge in [-0.05, 0) is 110 Å². The minimum absolute atomic E-state index is 0.0852. The van der Waals surface area contributed by atoms with Gasteiger partial charge in [0.25, 0.3) is 5.91 Å². The van der Waals surface area contributed by atoms with Crippen molar-refractivity contribution < 1.29 is 47.3 Å². The second-order valence-electron chi connectivity index (χ2n) is 17.2. The molecule has 3 heterocycles. The highest BCUT2D eigenvalue weighted by molar-refractivity contribution is 5.83. The van der Waals surface area contributed by atoms with Gasteiger partial charge in [-0.25, -0.2) is 4.98 Å². The van der Waals surface area contributed by atoms with Gasteiger partial charge < -0.3 is 52.9 Å². The summed E-state index contributed by atoms with van der Waals surface area (Å²) in [5, 5.41) is 9.84. The molecule has 6 aromatic rings. The van der Waals surface area contributed by atoms with Gasteiger partial charge in [0.15, 0.2) is 18.1 Å². The number of nitrogens with zero attached hydrogens (tertiary/aromatic N) is 4. The van der Waals surface area contributed by atoms with Crippen LogP contribution in [0.2, 0.25) is 0 Å². The quantitative estimate of drug-likeness (QED) is 0.0475. The van der Waals surface area contributed by atoms with Crippen molar-refractivity contribution in [2.75, 3.05) is 99.8 Å². The van der Waals surface area contributed by atoms with Crippen LogP contribution in [0.1, 0.15) is 46.8 Å². The Kier molecular flexibility index (Phi) is 19.9. The minimum Gasteiger partial charge on any atom is -0.493 e. The van der Waals surface area contributed by atoms with Crippen LogP contribution in [0.15, 0.2) is 89.5 Å². The zero-order valence-electron chi connectivity index (χ0n) is 41.1. The number of carbonyl (C=O) groups is 2. The van der Waals surface area contributed by atoms with Crippen molar-refractivity contribution in [1.82, 2.24) is 30.2 Å². The highest BCUT2D eigenvalue weighted by Crippen LogP contribution is 2.31. The molecule has 0 saturated carbocycles. The molecule has 7 rings (SSSR count). The smallest absolute Gasteiger partial charge is 0.258 e. The Bertz CT molecular complexity index is 2550. The Labute approximate surface area is 410 Å². The maximum Gasteiger partial charge on any atom is 0.258 e. The molecule has 4 aromatic carbocycles. The summed E-state index contributed by atoms with van der Waals surface area (Å²) in [5.74, 6) is 4.36. The molecule has 2 aromatic heterocycles. The highest BCUT2D eigenvalue weighted by atomic mass is 16.5. The second-order valence-corrected chi connectivity index (χ2v) is 17.2. The molecule has 1 aliphatic heterocycles. The van der Waals surface area contributed by atoms with Crippen LogP contribution in [0.5, 0.6) is 23.0 Å². The number of aryl methyl sites for hydroxylation is 6. The number of amides is 2. The zero-order chi connectivity index (χ0) is 48.9. The van der Waals surface area contributed by atoms with Gasteiger partial charge >= 0.3 is 0 Å². The fraction of sp³-hybridized carbons (Fsp3) is 0.444. The van der Waals surface area contributed by atoms with Crippen molar-refractivity contribution in [2.45, 2.75) is 58.9 Å². The average Bonchev–Trinajstić information content (AvgIpc) is 3.92. The maximum atomic E-state index is 12.4. The first-order chi connectivity index (χ1) is 34.3. The number of nitrogens with one attached hydrogen (secondary N) is 2. The Morgan fingerprint density at radius 2 is 1.43 bits per heavy atom. The van der Waals surface area contributed by atoms with E-state index in [9.17, 15) is 9.59 Å². The molecule has 0 radical (unpaired) electrons. The Morgan fingerprint density at radius 3 is 2.20 bits per heavy atom. The summed E-state index contributed by atoms with van der Waals surface area (Å²) < 4.78 is 46.9. The van der Waals surface area contributed by atoms with Gasteiger partial charge in [-0.2, -0.15) is 0 Å². The molecule has 2 N–H and O–H groups in total. The molecular formula is C54H68N6O10. The maximum absolute atomic E-state index is 12.4. The Morgan fingerprint density at radius 1 is 0.686 bits per heavy atom. The number of imidazole rings is 1. The van der Waals surface area contributed by atoms with Gasteiger partial charge in [0.05, 0.1) is 77.1 Å². The summed E-state index contributed by atoms with van der Waals surface area (Å²) in [4.78, 5) is 32.3. The number of benzene rings is 4. The van der Waals surface area contributed by atoms with E-state index in [1.54, 1.807) is 14.2 Å². The van der Waals surface area contributed by atoms with E-state index in [1.807, 2.05) is 56.3 Å². The minimum atomic E-state index is -0.227. The van der Waals surface area contributed by atoms with Gasteiger partial charge in [0.2, 0.25) is 5.91 Å². The molecule has 1 fully saturated rings. The predicted octanol–water partition coefficient (Wildman–Crippen LogP) is 6.73. The van der Waals surface area contributed by atoms with E-state index in [0.717, 1.165) is 134 Å². The van der Waals surface area contributed by atoms with Crippen molar-refractivity contribution in [3.8, 4) is 34.1 Å². The molecule has 16 nitrogen and oxygen atoms in total. The van der Waals surface area contributed by atoms with Gasteiger partial charge in [0, 0.05) is 51.1 Å². The number of hydrogen-bond donors (Lipinski definition) is 2. The first kappa shape index (κ1) is 51.4. The number of methoxy groups -OCH3 is 2. The van der Waals surface area contributed by atoms with Crippen LogP contribution in [0, 0.1) is 13.8 Å². The molecule has 70 heavy (non-hydrogen) atoms. The normalized spacial score (nSPS) is 12.8. The van der Waals surface area contributed by atoms with Crippen LogP contribution in [-0.4, -0.2) is 131 Å². The van der Waals surface area contributed by atoms with Gasteiger partial charge in [0.1, 0.15) is 29.7 Å². The summed E-state index contributed by atoms with van der Waals surface area (Å²) >= 11 is 0. The van der Waals surface area contributed by atoms with Crippen LogP contribution in [0.25, 0.3) is 22.2 Å². The van der Waals surface area contributed by atoms with Crippen LogP contribution in [0.4, 0.5) is 0 Å². The van der Waals surface area contributed by atoms with Crippen molar-refractivity contribution in [3.63, 3.8) is 0 Å². The monoisotopic (exact) mass is 960 g/mol. The number of morpholine rings is 1. The van der Waals surface area contributed by atoms with Gasteiger partial charge in [-0.1, -0.05) is 41.6 Å². The van der Waals surface area contributed by atoms with E-state index in [0.29, 0.717) is 45.3 Å². The molecule has 1 saturated heterocycles. The molecule has 1 aliphatic rings. The topological polar surface area (TPSA) is 170 Å². The number of fused-ring (bicyclic) bond motifs is 1. The lowest BCUT2D eigenvalue weighted by molar-refractivity contribution is -0.123. The molecule has 0 unspecified atom stereocenters. The number of rotatable bonds is 29.